The molecule has 3 aromatic carbocycles. The Labute approximate surface area is 215 Å². The number of hydrogen-bond acceptors (Lipinski definition) is 6. The van der Waals surface area contributed by atoms with E-state index in [1.54, 1.807) is 24.3 Å². The summed E-state index contributed by atoms with van der Waals surface area (Å²) in [5, 5.41) is 23.7. The molecule has 196 valence electrons. The zero-order chi connectivity index (χ0) is 26.2. The van der Waals surface area contributed by atoms with Crippen LogP contribution >= 0.6 is 0 Å². The Morgan fingerprint density at radius 1 is 1.05 bits per heavy atom. The molecule has 0 spiro atoms. The maximum Gasteiger partial charge on any atom is 0.226 e. The molecule has 7 nitrogen and oxygen atoms in total. The second-order valence-electron chi connectivity index (χ2n) is 9.09. The minimum atomic E-state index is -1.04. The molecule has 37 heavy (non-hydrogen) atoms. The van der Waals surface area contributed by atoms with Crippen LogP contribution in [0, 0.1) is 5.82 Å². The maximum atomic E-state index is 14.0. The second-order valence-corrected chi connectivity index (χ2v) is 9.09. The number of nitrogens with one attached hydrogen (secondary N) is 1. The lowest BCUT2D eigenvalue weighted by Crippen LogP contribution is -2.51. The predicted molar refractivity (Wildman–Crippen MR) is 136 cm³/mol. The van der Waals surface area contributed by atoms with Crippen LogP contribution in [0.25, 0.3) is 11.1 Å². The van der Waals surface area contributed by atoms with Crippen LogP contribution in [-0.4, -0.2) is 53.9 Å². The highest BCUT2D eigenvalue weighted by Gasteiger charge is 2.38. The molecule has 0 bridgehead atoms. The average Bonchev–Trinajstić information content (AvgIpc) is 2.88. The van der Waals surface area contributed by atoms with Gasteiger partial charge in [-0.3, -0.25) is 4.79 Å². The van der Waals surface area contributed by atoms with Crippen LogP contribution < -0.4 is 10.1 Å². The fraction of sp³-hybridized carbons (Fsp3) is 0.345. The maximum absolute atomic E-state index is 14.0. The van der Waals surface area contributed by atoms with Crippen LogP contribution in [0.4, 0.5) is 4.39 Å². The molecule has 1 fully saturated rings. The monoisotopic (exact) mass is 509 g/mol. The summed E-state index contributed by atoms with van der Waals surface area (Å²) in [6.45, 7) is 2.40. The van der Waals surface area contributed by atoms with E-state index in [9.17, 15) is 19.4 Å². The van der Waals surface area contributed by atoms with E-state index in [0.717, 1.165) is 16.7 Å². The topological polar surface area (TPSA) is 97.3 Å². The number of ether oxygens (including phenoxy) is 3. The van der Waals surface area contributed by atoms with Crippen LogP contribution in [0.2, 0.25) is 0 Å². The lowest BCUT2D eigenvalue weighted by molar-refractivity contribution is -0.244. The van der Waals surface area contributed by atoms with E-state index in [-0.39, 0.29) is 24.8 Å². The number of hydrogen-bond donors (Lipinski definition) is 3. The standard InChI is InChI=1S/C29H32FNO6/c1-19(32)31-13-12-21-10-11-24(15-25(21)22-8-5-9-23(30)14-22)36-29-27(34)16-26(33)28(37-29)18-35-17-20-6-3-2-4-7-20/h2-11,14-15,26-29,33-34H,12-13,16-18H2,1H3,(H,31,32)/t26?,27-,28+,29?/m1/s1. The van der Waals surface area contributed by atoms with Crippen LogP contribution in [-0.2, 0) is 27.3 Å². The van der Waals surface area contributed by atoms with E-state index in [2.05, 4.69) is 5.32 Å². The van der Waals surface area contributed by atoms with Gasteiger partial charge in [0.25, 0.3) is 0 Å². The predicted octanol–water partition coefficient (Wildman–Crippen LogP) is 3.60. The Bertz CT molecular complexity index is 1170. The summed E-state index contributed by atoms with van der Waals surface area (Å²) in [4.78, 5) is 11.3. The Morgan fingerprint density at radius 2 is 1.86 bits per heavy atom. The Morgan fingerprint density at radius 3 is 2.62 bits per heavy atom. The van der Waals surface area contributed by atoms with Crippen molar-refractivity contribution in [3.05, 3.63) is 89.7 Å². The summed E-state index contributed by atoms with van der Waals surface area (Å²) in [6.07, 6.45) is -3.00. The minimum Gasteiger partial charge on any atom is -0.462 e. The van der Waals surface area contributed by atoms with Crippen molar-refractivity contribution in [2.24, 2.45) is 0 Å². The Balaban J connectivity index is 1.46. The quantitative estimate of drug-likeness (QED) is 0.387. The van der Waals surface area contributed by atoms with Crippen molar-refractivity contribution >= 4 is 5.91 Å². The third-order valence-corrected chi connectivity index (χ3v) is 6.17. The van der Waals surface area contributed by atoms with Gasteiger partial charge in [-0.15, -0.1) is 0 Å². The third kappa shape index (κ3) is 7.60. The van der Waals surface area contributed by atoms with Gasteiger partial charge in [0, 0.05) is 19.9 Å². The number of aliphatic hydroxyl groups is 2. The highest BCUT2D eigenvalue weighted by Crippen LogP contribution is 2.31. The molecule has 1 saturated heterocycles. The van der Waals surface area contributed by atoms with Crippen LogP contribution in [0.3, 0.4) is 0 Å². The molecule has 1 heterocycles. The summed E-state index contributed by atoms with van der Waals surface area (Å²) in [5.74, 6) is -0.0675. The molecule has 8 heteroatoms. The fourth-order valence-corrected chi connectivity index (χ4v) is 4.27. The number of benzene rings is 3. The highest BCUT2D eigenvalue weighted by atomic mass is 19.1. The molecule has 0 radical (unpaired) electrons. The van der Waals surface area contributed by atoms with Crippen LogP contribution in [0.15, 0.2) is 72.8 Å². The van der Waals surface area contributed by atoms with Gasteiger partial charge in [-0.2, -0.15) is 0 Å². The molecule has 4 rings (SSSR count). The van der Waals surface area contributed by atoms with Crippen molar-refractivity contribution in [1.82, 2.24) is 5.32 Å². The Hall–Kier alpha value is -3.30. The SMILES string of the molecule is CC(=O)NCCc1ccc(OC2O[C@@H](COCc3ccccc3)C(O)C[C@H]2O)cc1-c1cccc(F)c1. The minimum absolute atomic E-state index is 0.0790. The van der Waals surface area contributed by atoms with Gasteiger partial charge >= 0.3 is 0 Å². The first-order valence-electron chi connectivity index (χ1n) is 12.3. The lowest BCUT2D eigenvalue weighted by Gasteiger charge is -2.37. The van der Waals surface area contributed by atoms with Gasteiger partial charge in [0.1, 0.15) is 23.8 Å². The van der Waals surface area contributed by atoms with E-state index in [4.69, 9.17) is 14.2 Å². The van der Waals surface area contributed by atoms with Gasteiger partial charge in [0.05, 0.1) is 19.3 Å². The highest BCUT2D eigenvalue weighted by molar-refractivity contribution is 5.73. The van der Waals surface area contributed by atoms with E-state index >= 15 is 0 Å². The van der Waals surface area contributed by atoms with Crippen LogP contribution in [0.1, 0.15) is 24.5 Å². The van der Waals surface area contributed by atoms with Crippen molar-refractivity contribution in [1.29, 1.82) is 0 Å². The van der Waals surface area contributed by atoms with E-state index in [1.807, 2.05) is 36.4 Å². The normalized spacial score (nSPS) is 21.4. The summed E-state index contributed by atoms with van der Waals surface area (Å²) in [5.41, 5.74) is 3.31. The number of rotatable bonds is 10. The largest absolute Gasteiger partial charge is 0.462 e. The van der Waals surface area contributed by atoms with Gasteiger partial charge < -0.3 is 29.7 Å². The van der Waals surface area contributed by atoms with Gasteiger partial charge in [0.15, 0.2) is 0 Å². The van der Waals surface area contributed by atoms with Crippen molar-refractivity contribution in [2.45, 2.75) is 51.0 Å². The van der Waals surface area contributed by atoms with E-state index in [0.29, 0.717) is 30.9 Å². The molecule has 1 aliphatic rings. The molecule has 4 atom stereocenters. The molecular formula is C29H32FNO6. The average molecular weight is 510 g/mol. The number of aliphatic hydroxyl groups excluding tert-OH is 2. The van der Waals surface area contributed by atoms with Gasteiger partial charge in [0.2, 0.25) is 12.2 Å². The third-order valence-electron chi connectivity index (χ3n) is 6.17. The molecular weight excluding hydrogens is 477 g/mol. The second kappa shape index (κ2) is 12.8. The fourth-order valence-electron chi connectivity index (χ4n) is 4.27. The summed E-state index contributed by atoms with van der Waals surface area (Å²) < 4.78 is 31.6. The zero-order valence-corrected chi connectivity index (χ0v) is 20.7. The number of halogens is 1. The smallest absolute Gasteiger partial charge is 0.226 e. The number of amides is 1. The molecule has 0 aliphatic carbocycles. The Kier molecular flexibility index (Phi) is 9.24. The zero-order valence-electron chi connectivity index (χ0n) is 20.7. The lowest BCUT2D eigenvalue weighted by atomic mass is 9.97. The van der Waals surface area contributed by atoms with E-state index < -0.39 is 24.6 Å². The number of carbonyl (C=O) groups is 1. The summed E-state index contributed by atoms with van der Waals surface area (Å²) in [7, 11) is 0. The molecule has 2 unspecified atom stereocenters. The van der Waals surface area contributed by atoms with Crippen molar-refractivity contribution in [2.75, 3.05) is 13.2 Å². The first-order chi connectivity index (χ1) is 17.9. The first-order valence-corrected chi connectivity index (χ1v) is 12.3. The summed E-state index contributed by atoms with van der Waals surface area (Å²) >= 11 is 0. The van der Waals surface area contributed by atoms with Crippen molar-refractivity contribution in [3.8, 4) is 16.9 Å². The van der Waals surface area contributed by atoms with E-state index in [1.165, 1.54) is 19.1 Å². The van der Waals surface area contributed by atoms with Crippen molar-refractivity contribution < 1.29 is 33.6 Å². The molecule has 1 amide bonds. The van der Waals surface area contributed by atoms with Gasteiger partial charge in [-0.1, -0.05) is 48.5 Å². The van der Waals surface area contributed by atoms with Crippen molar-refractivity contribution in [3.63, 3.8) is 0 Å². The molecule has 0 aromatic heterocycles. The molecule has 0 saturated carbocycles. The first kappa shape index (κ1) is 26.8. The molecule has 3 N–H and O–H groups in total. The van der Waals surface area contributed by atoms with Crippen LogP contribution in [0.5, 0.6) is 5.75 Å². The number of carbonyl (C=O) groups excluding carboxylic acids is 1. The van der Waals surface area contributed by atoms with Gasteiger partial charge in [-0.25, -0.2) is 4.39 Å². The summed E-state index contributed by atoms with van der Waals surface area (Å²) in [6, 6.07) is 21.3. The van der Waals surface area contributed by atoms with Gasteiger partial charge in [-0.05, 0) is 52.9 Å². The molecule has 3 aromatic rings. The molecule has 1 aliphatic heterocycles.